The molecule has 138 valence electrons. The van der Waals surface area contributed by atoms with Crippen molar-refractivity contribution in [1.82, 2.24) is 5.32 Å². The number of carbonyl (C=O) groups excluding carboxylic acids is 1. The van der Waals surface area contributed by atoms with Crippen LogP contribution in [0.25, 0.3) is 0 Å². The molecule has 0 aliphatic heterocycles. The van der Waals surface area contributed by atoms with E-state index in [0.717, 1.165) is 29.7 Å². The first-order valence-electron chi connectivity index (χ1n) is 8.31. The van der Waals surface area contributed by atoms with Crippen LogP contribution in [0.5, 0.6) is 5.75 Å². The molecule has 2 amide bonds. The van der Waals surface area contributed by atoms with E-state index < -0.39 is 11.6 Å². The van der Waals surface area contributed by atoms with Gasteiger partial charge >= 0.3 is 6.03 Å². The van der Waals surface area contributed by atoms with Crippen molar-refractivity contribution in [2.24, 2.45) is 0 Å². The molecule has 26 heavy (non-hydrogen) atoms. The van der Waals surface area contributed by atoms with E-state index in [0.29, 0.717) is 22.2 Å². The van der Waals surface area contributed by atoms with Crippen molar-refractivity contribution < 1.29 is 14.6 Å². The van der Waals surface area contributed by atoms with E-state index >= 15 is 0 Å². The summed E-state index contributed by atoms with van der Waals surface area (Å²) in [6.45, 7) is 0.111. The number of urea groups is 1. The van der Waals surface area contributed by atoms with Crippen molar-refractivity contribution in [1.29, 1.82) is 0 Å². The van der Waals surface area contributed by atoms with E-state index in [9.17, 15) is 9.90 Å². The molecule has 1 aliphatic carbocycles. The Labute approximate surface area is 162 Å². The van der Waals surface area contributed by atoms with Crippen LogP contribution in [0.1, 0.15) is 24.0 Å². The molecule has 0 saturated heterocycles. The number of carbonyl (C=O) groups is 1. The minimum atomic E-state index is -1.10. The predicted octanol–water partition coefficient (Wildman–Crippen LogP) is 4.35. The number of amides is 2. The number of halogens is 2. The Bertz CT molecular complexity index is 828. The number of aryl methyl sites for hydroxylation is 1. The van der Waals surface area contributed by atoms with Gasteiger partial charge in [0.2, 0.25) is 0 Å². The Morgan fingerprint density at radius 3 is 2.77 bits per heavy atom. The summed E-state index contributed by atoms with van der Waals surface area (Å²) in [5, 5.41) is 17.3. The number of hydrogen-bond donors (Lipinski definition) is 3. The zero-order valence-corrected chi connectivity index (χ0v) is 15.8. The number of hydrogen-bond acceptors (Lipinski definition) is 3. The SMILES string of the molecule is COc1ccc2c(c1)CCCC2(O)CNC(=O)Nc1ccc(Cl)c(Cl)c1. The van der Waals surface area contributed by atoms with Gasteiger partial charge in [-0.1, -0.05) is 29.3 Å². The molecule has 2 aromatic carbocycles. The molecular formula is C19H20Cl2N2O3. The summed E-state index contributed by atoms with van der Waals surface area (Å²) in [6.07, 6.45) is 2.30. The number of nitrogens with one attached hydrogen (secondary N) is 2. The number of aliphatic hydroxyl groups is 1. The van der Waals surface area contributed by atoms with Crippen molar-refractivity contribution in [3.05, 3.63) is 57.6 Å². The third-order valence-corrected chi connectivity index (χ3v) is 5.31. The maximum Gasteiger partial charge on any atom is 0.319 e. The van der Waals surface area contributed by atoms with Crippen molar-refractivity contribution >= 4 is 34.9 Å². The van der Waals surface area contributed by atoms with Crippen LogP contribution in [-0.2, 0) is 12.0 Å². The lowest BCUT2D eigenvalue weighted by Crippen LogP contribution is -2.44. The molecule has 7 heteroatoms. The third-order valence-electron chi connectivity index (χ3n) is 4.57. The topological polar surface area (TPSA) is 70.6 Å². The lowest BCUT2D eigenvalue weighted by atomic mass is 9.79. The monoisotopic (exact) mass is 394 g/mol. The zero-order valence-electron chi connectivity index (χ0n) is 14.3. The molecule has 0 saturated carbocycles. The van der Waals surface area contributed by atoms with Crippen LogP contribution in [0, 0.1) is 0 Å². The highest BCUT2D eigenvalue weighted by atomic mass is 35.5. The van der Waals surface area contributed by atoms with E-state index in [4.69, 9.17) is 27.9 Å². The first-order valence-corrected chi connectivity index (χ1v) is 9.06. The lowest BCUT2D eigenvalue weighted by molar-refractivity contribution is 0.0220. The molecular weight excluding hydrogens is 375 g/mol. The van der Waals surface area contributed by atoms with Gasteiger partial charge in [0.1, 0.15) is 11.4 Å². The predicted molar refractivity (Wildman–Crippen MR) is 103 cm³/mol. The first kappa shape index (κ1) is 18.8. The molecule has 0 heterocycles. The van der Waals surface area contributed by atoms with E-state index in [1.807, 2.05) is 18.2 Å². The average Bonchev–Trinajstić information content (AvgIpc) is 2.63. The van der Waals surface area contributed by atoms with Gasteiger partial charge in [-0.2, -0.15) is 0 Å². The Kier molecular flexibility index (Phi) is 5.61. The molecule has 5 nitrogen and oxygen atoms in total. The minimum absolute atomic E-state index is 0.111. The number of ether oxygens (including phenoxy) is 1. The Hall–Kier alpha value is -1.95. The van der Waals surface area contributed by atoms with Gasteiger partial charge in [0.25, 0.3) is 0 Å². The van der Waals surface area contributed by atoms with E-state index in [1.165, 1.54) is 0 Å². The second-order valence-corrected chi connectivity index (χ2v) is 7.16. The summed E-state index contributed by atoms with van der Waals surface area (Å²) in [5.74, 6) is 0.762. The van der Waals surface area contributed by atoms with E-state index in [-0.39, 0.29) is 6.54 Å². The number of benzene rings is 2. The summed E-state index contributed by atoms with van der Waals surface area (Å²) >= 11 is 11.8. The van der Waals surface area contributed by atoms with Crippen molar-refractivity contribution in [2.75, 3.05) is 19.0 Å². The minimum Gasteiger partial charge on any atom is -0.497 e. The smallest absolute Gasteiger partial charge is 0.319 e. The van der Waals surface area contributed by atoms with Gasteiger partial charge in [-0.15, -0.1) is 0 Å². The summed E-state index contributed by atoms with van der Waals surface area (Å²) in [5.41, 5.74) is 1.30. The first-order chi connectivity index (χ1) is 12.4. The quantitative estimate of drug-likeness (QED) is 0.721. The highest BCUT2D eigenvalue weighted by molar-refractivity contribution is 6.42. The molecule has 0 bridgehead atoms. The van der Waals surface area contributed by atoms with Crippen LogP contribution >= 0.6 is 23.2 Å². The Balaban J connectivity index is 1.67. The Morgan fingerprint density at radius 2 is 2.04 bits per heavy atom. The molecule has 2 aromatic rings. The lowest BCUT2D eigenvalue weighted by Gasteiger charge is -2.34. The summed E-state index contributed by atoms with van der Waals surface area (Å²) in [7, 11) is 1.62. The molecule has 0 radical (unpaired) electrons. The van der Waals surface area contributed by atoms with Crippen LogP contribution in [0.4, 0.5) is 10.5 Å². The number of anilines is 1. The number of methoxy groups -OCH3 is 1. The zero-order chi connectivity index (χ0) is 18.7. The highest BCUT2D eigenvalue weighted by Crippen LogP contribution is 2.36. The van der Waals surface area contributed by atoms with Crippen LogP contribution < -0.4 is 15.4 Å². The molecule has 1 aliphatic rings. The molecule has 0 aromatic heterocycles. The second kappa shape index (κ2) is 7.74. The largest absolute Gasteiger partial charge is 0.497 e. The van der Waals surface area contributed by atoms with Gasteiger partial charge in [0, 0.05) is 5.69 Å². The third kappa shape index (κ3) is 4.06. The average molecular weight is 395 g/mol. The second-order valence-electron chi connectivity index (χ2n) is 6.34. The van der Waals surface area contributed by atoms with Crippen LogP contribution in [0.3, 0.4) is 0 Å². The van der Waals surface area contributed by atoms with Gasteiger partial charge in [0.05, 0.1) is 23.7 Å². The molecule has 1 unspecified atom stereocenters. The van der Waals surface area contributed by atoms with Crippen LogP contribution in [-0.4, -0.2) is 24.8 Å². The standard InChI is InChI=1S/C19H20Cl2N2O3/c1-26-14-5-6-15-12(9-14)3-2-8-19(15,25)11-22-18(24)23-13-4-7-16(20)17(21)10-13/h4-7,9-10,25H,2-3,8,11H2,1H3,(H2,22,23,24). The van der Waals surface area contributed by atoms with E-state index in [2.05, 4.69) is 10.6 Å². The van der Waals surface area contributed by atoms with Gasteiger partial charge in [-0.3, -0.25) is 0 Å². The maximum atomic E-state index is 12.2. The van der Waals surface area contributed by atoms with Gasteiger partial charge < -0.3 is 20.5 Å². The van der Waals surface area contributed by atoms with Crippen molar-refractivity contribution in [3.63, 3.8) is 0 Å². The maximum absolute atomic E-state index is 12.2. The highest BCUT2D eigenvalue weighted by Gasteiger charge is 2.34. The van der Waals surface area contributed by atoms with Crippen molar-refractivity contribution in [3.8, 4) is 5.75 Å². The summed E-state index contributed by atoms with van der Waals surface area (Å²) in [6, 6.07) is 10.0. The molecule has 3 N–H and O–H groups in total. The Morgan fingerprint density at radius 1 is 1.23 bits per heavy atom. The van der Waals surface area contributed by atoms with Gasteiger partial charge in [0.15, 0.2) is 0 Å². The van der Waals surface area contributed by atoms with Crippen molar-refractivity contribution in [2.45, 2.75) is 24.9 Å². The molecule has 3 rings (SSSR count). The van der Waals surface area contributed by atoms with Crippen LogP contribution in [0.15, 0.2) is 36.4 Å². The van der Waals surface area contributed by atoms with E-state index in [1.54, 1.807) is 25.3 Å². The fourth-order valence-electron chi connectivity index (χ4n) is 3.22. The van der Waals surface area contributed by atoms with Gasteiger partial charge in [-0.05, 0) is 60.7 Å². The van der Waals surface area contributed by atoms with Gasteiger partial charge in [-0.25, -0.2) is 4.79 Å². The molecule has 1 atom stereocenters. The van der Waals surface area contributed by atoms with Crippen LogP contribution in [0.2, 0.25) is 10.0 Å². The fraction of sp³-hybridized carbons (Fsp3) is 0.316. The summed E-state index contributed by atoms with van der Waals surface area (Å²) < 4.78 is 5.25. The molecule has 0 spiro atoms. The fourth-order valence-corrected chi connectivity index (χ4v) is 3.52. The normalized spacial score (nSPS) is 18.8. The number of fused-ring (bicyclic) bond motifs is 1. The summed E-state index contributed by atoms with van der Waals surface area (Å²) in [4.78, 5) is 12.2. The molecule has 0 fully saturated rings. The number of rotatable bonds is 4.